The van der Waals surface area contributed by atoms with Crippen molar-refractivity contribution in [3.05, 3.63) is 71.3 Å². The first-order valence-electron chi connectivity index (χ1n) is 11.3. The van der Waals surface area contributed by atoms with E-state index in [4.69, 9.17) is 0 Å². The Bertz CT molecular complexity index is 1390. The van der Waals surface area contributed by atoms with Crippen LogP contribution in [-0.2, 0) is 4.79 Å². The minimum atomic E-state index is -0.464. The van der Waals surface area contributed by atoms with Gasteiger partial charge in [-0.15, -0.1) is 0 Å². The SMILES string of the molecule is Bc1cnn2c(NCCNC(=O)CN3C(=O)c4ccccc4C3=O)cc(C3=C(O)CCC=C3)nc12. The third-order valence-electron chi connectivity index (χ3n) is 6.00. The molecule has 1 aliphatic carbocycles. The first-order valence-corrected chi connectivity index (χ1v) is 11.3. The van der Waals surface area contributed by atoms with E-state index in [0.717, 1.165) is 16.8 Å². The number of carbonyl (C=O) groups excluding carboxylic acids is 3. The van der Waals surface area contributed by atoms with Crippen molar-refractivity contribution in [2.75, 3.05) is 25.0 Å². The lowest BCUT2D eigenvalue weighted by Gasteiger charge is -2.15. The van der Waals surface area contributed by atoms with Crippen LogP contribution in [-0.4, -0.2) is 69.8 Å². The maximum atomic E-state index is 12.4. The molecule has 3 heterocycles. The van der Waals surface area contributed by atoms with Gasteiger partial charge in [0.2, 0.25) is 5.91 Å². The zero-order valence-corrected chi connectivity index (χ0v) is 19.1. The highest BCUT2D eigenvalue weighted by Gasteiger charge is 2.36. The van der Waals surface area contributed by atoms with Crippen LogP contribution >= 0.6 is 0 Å². The van der Waals surface area contributed by atoms with E-state index in [2.05, 4.69) is 20.7 Å². The monoisotopic (exact) mass is 470 g/mol. The summed E-state index contributed by atoms with van der Waals surface area (Å²) in [6, 6.07) is 8.34. The van der Waals surface area contributed by atoms with E-state index in [9.17, 15) is 19.5 Å². The molecular formula is C24H23BN6O4. The van der Waals surface area contributed by atoms with Crippen molar-refractivity contribution in [1.29, 1.82) is 0 Å². The van der Waals surface area contributed by atoms with E-state index >= 15 is 0 Å². The molecule has 176 valence electrons. The number of aromatic nitrogens is 3. The second-order valence-corrected chi connectivity index (χ2v) is 8.41. The van der Waals surface area contributed by atoms with Crippen LogP contribution in [0.4, 0.5) is 5.82 Å². The van der Waals surface area contributed by atoms with Crippen LogP contribution in [0.15, 0.2) is 54.4 Å². The van der Waals surface area contributed by atoms with Gasteiger partial charge in [-0.25, -0.2) is 4.98 Å². The summed E-state index contributed by atoms with van der Waals surface area (Å²) in [5, 5.41) is 20.7. The van der Waals surface area contributed by atoms with Gasteiger partial charge >= 0.3 is 0 Å². The van der Waals surface area contributed by atoms with Crippen molar-refractivity contribution in [2.24, 2.45) is 0 Å². The van der Waals surface area contributed by atoms with Crippen LogP contribution in [0.3, 0.4) is 0 Å². The van der Waals surface area contributed by atoms with Gasteiger partial charge in [-0.1, -0.05) is 24.3 Å². The van der Waals surface area contributed by atoms with Crippen LogP contribution in [0.2, 0.25) is 0 Å². The quantitative estimate of drug-likeness (QED) is 0.260. The number of aliphatic hydroxyl groups excluding tert-OH is 1. The number of nitrogens with one attached hydrogen (secondary N) is 2. The lowest BCUT2D eigenvalue weighted by Crippen LogP contribution is -2.41. The van der Waals surface area contributed by atoms with Crippen molar-refractivity contribution in [2.45, 2.75) is 12.8 Å². The number of imide groups is 1. The molecule has 0 saturated carbocycles. The van der Waals surface area contributed by atoms with Crippen LogP contribution in [0.1, 0.15) is 39.3 Å². The molecule has 0 bridgehead atoms. The van der Waals surface area contributed by atoms with E-state index in [-0.39, 0.29) is 13.1 Å². The molecule has 0 fully saturated rings. The molecule has 0 saturated heterocycles. The van der Waals surface area contributed by atoms with E-state index in [0.29, 0.717) is 52.6 Å². The molecule has 3 aromatic rings. The number of carbonyl (C=O) groups is 3. The first kappa shape index (κ1) is 22.4. The average molecular weight is 470 g/mol. The van der Waals surface area contributed by atoms with Gasteiger partial charge in [-0.3, -0.25) is 19.3 Å². The average Bonchev–Trinajstić information content (AvgIpc) is 3.35. The standard InChI is InChI=1S/C24H23BN6O4/c25-17-12-28-31-20(11-18(29-22(17)31)16-7-3-4-8-19(16)32)26-9-10-27-21(33)13-30-23(34)14-5-1-2-6-15(14)24(30)35/h1-3,5-7,11-12,26,32H,4,8-10,13,25H2,(H,27,33). The molecule has 5 rings (SSSR count). The molecule has 0 unspecified atom stereocenters. The fourth-order valence-corrected chi connectivity index (χ4v) is 4.20. The Morgan fingerprint density at radius 3 is 2.60 bits per heavy atom. The maximum absolute atomic E-state index is 12.4. The second-order valence-electron chi connectivity index (χ2n) is 8.41. The molecule has 1 aromatic carbocycles. The van der Waals surface area contributed by atoms with E-state index in [1.807, 2.05) is 20.0 Å². The minimum absolute atomic E-state index is 0.259. The number of amides is 3. The summed E-state index contributed by atoms with van der Waals surface area (Å²) in [7, 11) is 1.91. The van der Waals surface area contributed by atoms with Gasteiger partial charge in [-0.05, 0) is 24.0 Å². The Morgan fingerprint density at radius 2 is 1.89 bits per heavy atom. The highest BCUT2D eigenvalue weighted by Crippen LogP contribution is 2.27. The highest BCUT2D eigenvalue weighted by molar-refractivity contribution is 6.36. The molecule has 2 aliphatic rings. The minimum Gasteiger partial charge on any atom is -0.512 e. The second kappa shape index (κ2) is 9.09. The summed E-state index contributed by atoms with van der Waals surface area (Å²) >= 11 is 0. The lowest BCUT2D eigenvalue weighted by molar-refractivity contribution is -0.121. The van der Waals surface area contributed by atoms with Crippen LogP contribution in [0.25, 0.3) is 11.2 Å². The summed E-state index contributed by atoms with van der Waals surface area (Å²) in [6.07, 6.45) is 6.94. The van der Waals surface area contributed by atoms with Crippen molar-refractivity contribution in [3.63, 3.8) is 0 Å². The number of hydrogen-bond donors (Lipinski definition) is 3. The Balaban J connectivity index is 1.23. The molecule has 3 amide bonds. The van der Waals surface area contributed by atoms with Gasteiger partial charge in [0.25, 0.3) is 11.8 Å². The number of fused-ring (bicyclic) bond motifs is 2. The molecule has 1 aliphatic heterocycles. The third-order valence-corrected chi connectivity index (χ3v) is 6.00. The largest absolute Gasteiger partial charge is 0.512 e. The molecule has 3 N–H and O–H groups in total. The van der Waals surface area contributed by atoms with Gasteiger partial charge in [0, 0.05) is 37.3 Å². The van der Waals surface area contributed by atoms with Crippen LogP contribution < -0.4 is 16.1 Å². The van der Waals surface area contributed by atoms with E-state index in [1.54, 1.807) is 41.0 Å². The van der Waals surface area contributed by atoms with Gasteiger partial charge in [0.05, 0.1) is 16.8 Å². The predicted molar refractivity (Wildman–Crippen MR) is 132 cm³/mol. The van der Waals surface area contributed by atoms with Gasteiger partial charge in [0.15, 0.2) is 5.65 Å². The van der Waals surface area contributed by atoms with E-state index in [1.165, 1.54) is 0 Å². The summed E-state index contributed by atoms with van der Waals surface area (Å²) in [5.74, 6) is -0.401. The summed E-state index contributed by atoms with van der Waals surface area (Å²) in [4.78, 5) is 42.9. The molecule has 0 atom stereocenters. The number of hydrogen-bond acceptors (Lipinski definition) is 7. The fraction of sp³-hybridized carbons (Fsp3) is 0.208. The number of aliphatic hydroxyl groups is 1. The molecule has 0 radical (unpaired) electrons. The number of nitrogens with zero attached hydrogens (tertiary/aromatic N) is 4. The zero-order valence-electron chi connectivity index (χ0n) is 19.1. The van der Waals surface area contributed by atoms with Gasteiger partial charge in [-0.2, -0.15) is 9.61 Å². The predicted octanol–water partition coefficient (Wildman–Crippen LogP) is 0.431. The van der Waals surface area contributed by atoms with Gasteiger partial charge < -0.3 is 15.7 Å². The number of anilines is 1. The molecule has 10 nitrogen and oxygen atoms in total. The van der Waals surface area contributed by atoms with Crippen LogP contribution in [0, 0.1) is 0 Å². The molecular weight excluding hydrogens is 447 g/mol. The topological polar surface area (TPSA) is 129 Å². The molecule has 11 heteroatoms. The van der Waals surface area contributed by atoms with Crippen molar-refractivity contribution >= 4 is 48.1 Å². The molecule has 2 aromatic heterocycles. The fourth-order valence-electron chi connectivity index (χ4n) is 4.20. The van der Waals surface area contributed by atoms with Gasteiger partial charge in [0.1, 0.15) is 26.0 Å². The molecule has 0 spiro atoms. The maximum Gasteiger partial charge on any atom is 0.262 e. The van der Waals surface area contributed by atoms with E-state index < -0.39 is 17.7 Å². The van der Waals surface area contributed by atoms with Crippen molar-refractivity contribution < 1.29 is 19.5 Å². The number of benzene rings is 1. The molecule has 35 heavy (non-hydrogen) atoms. The van der Waals surface area contributed by atoms with Crippen LogP contribution in [0.5, 0.6) is 0 Å². The summed E-state index contributed by atoms with van der Waals surface area (Å²) in [6.45, 7) is 0.287. The normalized spacial score (nSPS) is 15.1. The summed E-state index contributed by atoms with van der Waals surface area (Å²) in [5.41, 5.74) is 3.49. The van der Waals surface area contributed by atoms with Crippen molar-refractivity contribution in [3.8, 4) is 0 Å². The van der Waals surface area contributed by atoms with Crippen molar-refractivity contribution in [1.82, 2.24) is 24.8 Å². The Hall–Kier alpha value is -4.41. The smallest absolute Gasteiger partial charge is 0.262 e. The number of allylic oxidation sites excluding steroid dienone is 4. The third kappa shape index (κ3) is 4.16. The Labute approximate surface area is 201 Å². The highest BCUT2D eigenvalue weighted by atomic mass is 16.3. The first-order chi connectivity index (χ1) is 16.9. The Kier molecular flexibility index (Phi) is 5.82. The zero-order chi connectivity index (χ0) is 24.5. The number of rotatable bonds is 7. The Morgan fingerprint density at radius 1 is 1.14 bits per heavy atom. The summed E-state index contributed by atoms with van der Waals surface area (Å²) < 4.78 is 1.67. The lowest BCUT2D eigenvalue weighted by atomic mass is 9.99.